The fourth-order valence-electron chi connectivity index (χ4n) is 1.54. The summed E-state index contributed by atoms with van der Waals surface area (Å²) >= 11 is 0. The third-order valence-corrected chi connectivity index (χ3v) is 2.44. The smallest absolute Gasteiger partial charge is 0.337 e. The van der Waals surface area contributed by atoms with E-state index in [1.165, 1.54) is 0 Å². The van der Waals surface area contributed by atoms with Crippen molar-refractivity contribution < 1.29 is 9.90 Å². The van der Waals surface area contributed by atoms with Gasteiger partial charge in [0.05, 0.1) is 24.0 Å². The number of carboxylic acid groups (broad SMARTS) is 1. The molecule has 0 unspecified atom stereocenters. The number of nitrogens with zero attached hydrogens (tertiary/aromatic N) is 4. The molecule has 2 aromatic rings. The molecule has 94 valence electrons. The van der Waals surface area contributed by atoms with Gasteiger partial charge in [-0.25, -0.2) is 9.78 Å². The second-order valence-corrected chi connectivity index (χ2v) is 3.73. The largest absolute Gasteiger partial charge is 0.478 e. The van der Waals surface area contributed by atoms with Crippen molar-refractivity contribution in [3.63, 3.8) is 0 Å². The summed E-state index contributed by atoms with van der Waals surface area (Å²) in [5.74, 6) is -0.313. The number of pyridine rings is 1. The fourth-order valence-corrected chi connectivity index (χ4v) is 1.54. The molecule has 0 saturated heterocycles. The van der Waals surface area contributed by atoms with Crippen molar-refractivity contribution in [1.29, 1.82) is 0 Å². The molecule has 7 heteroatoms. The lowest BCUT2D eigenvalue weighted by atomic mass is 10.2. The molecule has 0 spiro atoms. The van der Waals surface area contributed by atoms with Crippen LogP contribution in [0.15, 0.2) is 24.5 Å². The number of hydrogen-bond acceptors (Lipinski definition) is 5. The Balaban J connectivity index is 1.94. The van der Waals surface area contributed by atoms with Gasteiger partial charge < -0.3 is 10.4 Å². The highest BCUT2D eigenvalue weighted by Crippen LogP contribution is 2.10. The predicted molar refractivity (Wildman–Crippen MR) is 64.4 cm³/mol. The predicted octanol–water partition coefficient (Wildman–Crippen LogP) is 0.792. The van der Waals surface area contributed by atoms with E-state index in [0.717, 1.165) is 0 Å². The van der Waals surface area contributed by atoms with Gasteiger partial charge in [-0.15, -0.1) is 5.10 Å². The Kier molecular flexibility index (Phi) is 3.52. The number of carbonyl (C=O) groups is 1. The molecule has 0 amide bonds. The molecule has 0 radical (unpaired) electrons. The number of anilines is 1. The quantitative estimate of drug-likeness (QED) is 0.811. The van der Waals surface area contributed by atoms with Crippen LogP contribution in [0.4, 0.5) is 5.82 Å². The van der Waals surface area contributed by atoms with E-state index in [9.17, 15) is 4.79 Å². The van der Waals surface area contributed by atoms with Crippen LogP contribution in [-0.4, -0.2) is 37.6 Å². The minimum atomic E-state index is -0.964. The van der Waals surface area contributed by atoms with Crippen LogP contribution < -0.4 is 5.32 Å². The first-order chi connectivity index (χ1) is 8.66. The van der Waals surface area contributed by atoms with E-state index in [1.807, 2.05) is 0 Å². The highest BCUT2D eigenvalue weighted by molar-refractivity contribution is 5.89. The summed E-state index contributed by atoms with van der Waals surface area (Å²) in [4.78, 5) is 15.0. The first kappa shape index (κ1) is 12.0. The van der Waals surface area contributed by atoms with Gasteiger partial charge in [-0.2, -0.15) is 0 Å². The average Bonchev–Trinajstić information content (AvgIpc) is 2.81. The van der Waals surface area contributed by atoms with E-state index in [1.54, 1.807) is 36.1 Å². The van der Waals surface area contributed by atoms with E-state index in [2.05, 4.69) is 20.6 Å². The molecule has 2 aromatic heterocycles. The molecule has 2 N–H and O–H groups in total. The Hall–Kier alpha value is -2.44. The summed E-state index contributed by atoms with van der Waals surface area (Å²) in [6, 6.07) is 3.19. The van der Waals surface area contributed by atoms with Gasteiger partial charge >= 0.3 is 5.97 Å². The molecule has 7 nitrogen and oxygen atoms in total. The van der Waals surface area contributed by atoms with Crippen molar-refractivity contribution in [1.82, 2.24) is 20.0 Å². The maximum absolute atomic E-state index is 10.8. The normalized spacial score (nSPS) is 10.3. The summed E-state index contributed by atoms with van der Waals surface area (Å²) in [5.41, 5.74) is 0.713. The number of carboxylic acids is 1. The lowest BCUT2D eigenvalue weighted by Crippen LogP contribution is -2.12. The molecule has 0 saturated carbocycles. The van der Waals surface area contributed by atoms with Gasteiger partial charge in [-0.05, 0) is 19.1 Å². The van der Waals surface area contributed by atoms with Crippen molar-refractivity contribution in [2.45, 2.75) is 13.5 Å². The summed E-state index contributed by atoms with van der Waals surface area (Å²) in [5, 5.41) is 19.5. The maximum Gasteiger partial charge on any atom is 0.337 e. The summed E-state index contributed by atoms with van der Waals surface area (Å²) in [6.07, 6.45) is 3.39. The third kappa shape index (κ3) is 2.82. The van der Waals surface area contributed by atoms with Crippen LogP contribution in [0.5, 0.6) is 0 Å². The van der Waals surface area contributed by atoms with Gasteiger partial charge in [0.2, 0.25) is 0 Å². The first-order valence-corrected chi connectivity index (χ1v) is 5.46. The van der Waals surface area contributed by atoms with Crippen molar-refractivity contribution in [3.05, 3.63) is 35.8 Å². The molecule has 0 aromatic carbocycles. The number of aryl methyl sites for hydroxylation is 1. The minimum Gasteiger partial charge on any atom is -0.478 e. The molecule has 0 aliphatic carbocycles. The van der Waals surface area contributed by atoms with Crippen LogP contribution in [-0.2, 0) is 6.54 Å². The van der Waals surface area contributed by atoms with E-state index in [0.29, 0.717) is 24.6 Å². The molecule has 2 heterocycles. The summed E-state index contributed by atoms with van der Waals surface area (Å²) in [6.45, 7) is 2.98. The van der Waals surface area contributed by atoms with Crippen LogP contribution in [0.25, 0.3) is 0 Å². The zero-order valence-corrected chi connectivity index (χ0v) is 9.87. The molecule has 2 rings (SSSR count). The number of hydrogen-bond donors (Lipinski definition) is 2. The van der Waals surface area contributed by atoms with E-state index < -0.39 is 5.97 Å². The molecular formula is C11H13N5O2. The van der Waals surface area contributed by atoms with Crippen LogP contribution >= 0.6 is 0 Å². The highest BCUT2D eigenvalue weighted by Gasteiger charge is 2.08. The van der Waals surface area contributed by atoms with Crippen molar-refractivity contribution in [2.24, 2.45) is 0 Å². The van der Waals surface area contributed by atoms with Crippen LogP contribution in [0.1, 0.15) is 16.1 Å². The maximum atomic E-state index is 10.8. The minimum absolute atomic E-state index is 0.219. The molecule has 18 heavy (non-hydrogen) atoms. The Morgan fingerprint density at radius 2 is 2.33 bits per heavy atom. The Morgan fingerprint density at radius 1 is 1.50 bits per heavy atom. The molecule has 0 aliphatic heterocycles. The molecule has 0 bridgehead atoms. The van der Waals surface area contributed by atoms with Gasteiger partial charge in [0.25, 0.3) is 0 Å². The van der Waals surface area contributed by atoms with Gasteiger partial charge in [0, 0.05) is 12.7 Å². The molecule has 0 aliphatic rings. The number of nitrogens with one attached hydrogen (secondary N) is 1. The molecule has 0 fully saturated rings. The van der Waals surface area contributed by atoms with E-state index in [4.69, 9.17) is 5.11 Å². The number of aromatic nitrogens is 4. The third-order valence-electron chi connectivity index (χ3n) is 2.44. The lowest BCUT2D eigenvalue weighted by molar-refractivity contribution is 0.0695. The Labute approximate surface area is 103 Å². The second-order valence-electron chi connectivity index (χ2n) is 3.73. The number of rotatable bonds is 5. The topological polar surface area (TPSA) is 92.9 Å². The monoisotopic (exact) mass is 247 g/mol. The van der Waals surface area contributed by atoms with Crippen LogP contribution in [0, 0.1) is 6.92 Å². The highest BCUT2D eigenvalue weighted by atomic mass is 16.4. The summed E-state index contributed by atoms with van der Waals surface area (Å²) in [7, 11) is 0. The Bertz CT molecular complexity index is 538. The van der Waals surface area contributed by atoms with Gasteiger partial charge in [0.1, 0.15) is 5.82 Å². The average molecular weight is 247 g/mol. The summed E-state index contributed by atoms with van der Waals surface area (Å²) < 4.78 is 1.70. The van der Waals surface area contributed by atoms with Gasteiger partial charge in [-0.3, -0.25) is 4.68 Å². The molecular weight excluding hydrogens is 234 g/mol. The van der Waals surface area contributed by atoms with Crippen LogP contribution in [0.3, 0.4) is 0 Å². The van der Waals surface area contributed by atoms with Gasteiger partial charge in [0.15, 0.2) is 0 Å². The zero-order valence-electron chi connectivity index (χ0n) is 9.87. The zero-order chi connectivity index (χ0) is 13.0. The SMILES string of the molecule is Cc1nc(NCCn2ccnn2)ccc1C(=O)O. The van der Waals surface area contributed by atoms with Crippen LogP contribution in [0.2, 0.25) is 0 Å². The first-order valence-electron chi connectivity index (χ1n) is 5.46. The lowest BCUT2D eigenvalue weighted by Gasteiger charge is -2.07. The Morgan fingerprint density at radius 3 is 2.94 bits per heavy atom. The standard InChI is InChI=1S/C11H13N5O2/c1-8-9(11(17)18)2-3-10(14-8)12-4-6-16-7-5-13-15-16/h2-3,5,7H,4,6H2,1H3,(H,12,14)(H,17,18). The van der Waals surface area contributed by atoms with Crippen molar-refractivity contribution >= 4 is 11.8 Å². The number of aromatic carboxylic acids is 1. The molecule has 0 atom stereocenters. The van der Waals surface area contributed by atoms with Crippen molar-refractivity contribution in [2.75, 3.05) is 11.9 Å². The van der Waals surface area contributed by atoms with Gasteiger partial charge in [-0.1, -0.05) is 5.21 Å². The second kappa shape index (κ2) is 5.26. The fraction of sp³-hybridized carbons (Fsp3) is 0.273. The van der Waals surface area contributed by atoms with E-state index in [-0.39, 0.29) is 5.56 Å². The van der Waals surface area contributed by atoms with Crippen molar-refractivity contribution in [3.8, 4) is 0 Å². The van der Waals surface area contributed by atoms with E-state index >= 15 is 0 Å².